The SMILES string of the molecule is CCC(C/C(=N\O)c1ccncc1)c1ccc(N(C)C)cc1. The second kappa shape index (κ2) is 7.59. The highest BCUT2D eigenvalue weighted by Crippen LogP contribution is 2.27. The summed E-state index contributed by atoms with van der Waals surface area (Å²) in [7, 11) is 4.07. The van der Waals surface area contributed by atoms with E-state index in [1.54, 1.807) is 12.4 Å². The third-order valence-electron chi connectivity index (χ3n) is 3.95. The summed E-state index contributed by atoms with van der Waals surface area (Å²) in [5.41, 5.74) is 4.07. The summed E-state index contributed by atoms with van der Waals surface area (Å²) in [4.78, 5) is 6.09. The molecule has 1 aromatic heterocycles. The van der Waals surface area contributed by atoms with Crippen molar-refractivity contribution in [2.24, 2.45) is 5.16 Å². The van der Waals surface area contributed by atoms with Crippen LogP contribution in [0.4, 0.5) is 5.69 Å². The Hall–Kier alpha value is -2.36. The van der Waals surface area contributed by atoms with Crippen LogP contribution >= 0.6 is 0 Å². The third-order valence-corrected chi connectivity index (χ3v) is 3.95. The lowest BCUT2D eigenvalue weighted by molar-refractivity contribution is 0.317. The summed E-state index contributed by atoms with van der Waals surface area (Å²) >= 11 is 0. The summed E-state index contributed by atoms with van der Waals surface area (Å²) in [6, 6.07) is 12.3. The molecule has 0 spiro atoms. The first-order chi connectivity index (χ1) is 10.7. The van der Waals surface area contributed by atoms with Gasteiger partial charge in [-0.1, -0.05) is 24.2 Å². The Morgan fingerprint density at radius 1 is 1.14 bits per heavy atom. The molecule has 4 heteroatoms. The fraction of sp³-hybridized carbons (Fsp3) is 0.333. The third kappa shape index (κ3) is 3.85. The largest absolute Gasteiger partial charge is 0.411 e. The second-order valence-corrected chi connectivity index (χ2v) is 5.58. The zero-order chi connectivity index (χ0) is 15.9. The minimum atomic E-state index is 0.329. The highest BCUT2D eigenvalue weighted by molar-refractivity contribution is 6.00. The Labute approximate surface area is 132 Å². The minimum Gasteiger partial charge on any atom is -0.411 e. The standard InChI is InChI=1S/C18H23N3O/c1-4-14(15-5-7-17(8-6-15)21(2)3)13-18(20-22)16-9-11-19-12-10-16/h5-12,14,22H,4,13H2,1-3H3/b20-18+. The molecule has 22 heavy (non-hydrogen) atoms. The van der Waals surface area contributed by atoms with E-state index >= 15 is 0 Å². The van der Waals surface area contributed by atoms with Gasteiger partial charge in [0.05, 0.1) is 5.71 Å². The first-order valence-electron chi connectivity index (χ1n) is 7.54. The van der Waals surface area contributed by atoms with Gasteiger partial charge < -0.3 is 10.1 Å². The molecule has 0 radical (unpaired) electrons. The molecule has 0 aliphatic carbocycles. The molecule has 1 aromatic carbocycles. The molecule has 0 fully saturated rings. The number of oxime groups is 1. The molecule has 0 aliphatic heterocycles. The van der Waals surface area contributed by atoms with E-state index in [4.69, 9.17) is 0 Å². The van der Waals surface area contributed by atoms with E-state index in [0.717, 1.165) is 12.0 Å². The highest BCUT2D eigenvalue weighted by Gasteiger charge is 2.15. The van der Waals surface area contributed by atoms with Gasteiger partial charge in [0.2, 0.25) is 0 Å². The highest BCUT2D eigenvalue weighted by atomic mass is 16.4. The molecule has 2 aromatic rings. The summed E-state index contributed by atoms with van der Waals surface area (Å²) in [6.07, 6.45) is 5.13. The topological polar surface area (TPSA) is 48.7 Å². The maximum Gasteiger partial charge on any atom is 0.0874 e. The van der Waals surface area contributed by atoms with E-state index in [1.165, 1.54) is 11.3 Å². The predicted octanol–water partition coefficient (Wildman–Crippen LogP) is 3.91. The summed E-state index contributed by atoms with van der Waals surface area (Å²) < 4.78 is 0. The number of aromatic nitrogens is 1. The monoisotopic (exact) mass is 297 g/mol. The van der Waals surface area contributed by atoms with Gasteiger partial charge in [-0.25, -0.2) is 0 Å². The first kappa shape index (κ1) is 16.0. The fourth-order valence-corrected chi connectivity index (χ4v) is 2.54. The maximum absolute atomic E-state index is 9.35. The van der Waals surface area contributed by atoms with Gasteiger partial charge in [0.1, 0.15) is 0 Å². The minimum absolute atomic E-state index is 0.329. The first-order valence-corrected chi connectivity index (χ1v) is 7.54. The van der Waals surface area contributed by atoms with Crippen molar-refractivity contribution in [3.8, 4) is 0 Å². The molecule has 0 aliphatic rings. The van der Waals surface area contributed by atoms with Crippen molar-refractivity contribution in [2.75, 3.05) is 19.0 Å². The molecule has 116 valence electrons. The molecule has 0 bridgehead atoms. The Morgan fingerprint density at radius 3 is 2.27 bits per heavy atom. The van der Waals surface area contributed by atoms with E-state index in [2.05, 4.69) is 46.2 Å². The molecular formula is C18H23N3O. The molecule has 4 nitrogen and oxygen atoms in total. The van der Waals surface area contributed by atoms with Gasteiger partial charge in [-0.2, -0.15) is 0 Å². The van der Waals surface area contributed by atoms with Crippen LogP contribution in [0.3, 0.4) is 0 Å². The predicted molar refractivity (Wildman–Crippen MR) is 91.0 cm³/mol. The molecule has 0 amide bonds. The van der Waals surface area contributed by atoms with Gasteiger partial charge in [-0.15, -0.1) is 0 Å². The van der Waals surface area contributed by atoms with E-state index in [-0.39, 0.29) is 0 Å². The molecule has 1 unspecified atom stereocenters. The molecule has 0 saturated heterocycles. The Balaban J connectivity index is 2.18. The normalized spacial score (nSPS) is 13.0. The number of pyridine rings is 1. The van der Waals surface area contributed by atoms with Crippen molar-refractivity contribution in [1.29, 1.82) is 0 Å². The van der Waals surface area contributed by atoms with Gasteiger partial charge >= 0.3 is 0 Å². The Morgan fingerprint density at radius 2 is 1.77 bits per heavy atom. The number of hydrogen-bond donors (Lipinski definition) is 1. The number of benzene rings is 1. The Bertz CT molecular complexity index is 606. The van der Waals surface area contributed by atoms with Crippen LogP contribution in [0.25, 0.3) is 0 Å². The lowest BCUT2D eigenvalue weighted by Gasteiger charge is -2.18. The van der Waals surface area contributed by atoms with Crippen LogP contribution in [0.1, 0.15) is 36.8 Å². The number of hydrogen-bond acceptors (Lipinski definition) is 4. The van der Waals surface area contributed by atoms with E-state index in [9.17, 15) is 5.21 Å². The van der Waals surface area contributed by atoms with Crippen molar-refractivity contribution in [3.05, 3.63) is 59.9 Å². The van der Waals surface area contributed by atoms with Crippen LogP contribution in [-0.2, 0) is 0 Å². The van der Waals surface area contributed by atoms with Crippen molar-refractivity contribution >= 4 is 11.4 Å². The van der Waals surface area contributed by atoms with E-state index in [0.29, 0.717) is 18.1 Å². The second-order valence-electron chi connectivity index (χ2n) is 5.58. The molecule has 1 atom stereocenters. The lowest BCUT2D eigenvalue weighted by atomic mass is 9.89. The summed E-state index contributed by atoms with van der Waals surface area (Å²) in [5, 5.41) is 12.8. The smallest absolute Gasteiger partial charge is 0.0874 e. The van der Waals surface area contributed by atoms with Crippen LogP contribution in [0.5, 0.6) is 0 Å². The van der Waals surface area contributed by atoms with Gasteiger partial charge in [0.25, 0.3) is 0 Å². The van der Waals surface area contributed by atoms with Crippen molar-refractivity contribution < 1.29 is 5.21 Å². The Kier molecular flexibility index (Phi) is 5.53. The van der Waals surface area contributed by atoms with Crippen LogP contribution in [0.2, 0.25) is 0 Å². The van der Waals surface area contributed by atoms with Gasteiger partial charge in [-0.05, 0) is 42.2 Å². The van der Waals surface area contributed by atoms with Crippen LogP contribution < -0.4 is 4.90 Å². The average Bonchev–Trinajstić information content (AvgIpc) is 2.57. The average molecular weight is 297 g/mol. The van der Waals surface area contributed by atoms with E-state index < -0.39 is 0 Å². The maximum atomic E-state index is 9.35. The molecule has 2 rings (SSSR count). The quantitative estimate of drug-likeness (QED) is 0.499. The van der Waals surface area contributed by atoms with Crippen LogP contribution in [0.15, 0.2) is 53.9 Å². The van der Waals surface area contributed by atoms with Gasteiger partial charge in [-0.3, -0.25) is 4.98 Å². The molecular weight excluding hydrogens is 274 g/mol. The number of anilines is 1. The lowest BCUT2D eigenvalue weighted by Crippen LogP contribution is -2.10. The van der Waals surface area contributed by atoms with Crippen molar-refractivity contribution in [2.45, 2.75) is 25.7 Å². The molecule has 0 saturated carbocycles. The molecule has 1 N–H and O–H groups in total. The fourth-order valence-electron chi connectivity index (χ4n) is 2.54. The zero-order valence-corrected chi connectivity index (χ0v) is 13.4. The molecule has 1 heterocycles. The number of rotatable bonds is 6. The zero-order valence-electron chi connectivity index (χ0n) is 13.4. The van der Waals surface area contributed by atoms with Crippen LogP contribution in [0, 0.1) is 0 Å². The van der Waals surface area contributed by atoms with Gasteiger partial charge in [0, 0.05) is 44.2 Å². The van der Waals surface area contributed by atoms with Crippen molar-refractivity contribution in [1.82, 2.24) is 4.98 Å². The van der Waals surface area contributed by atoms with Crippen molar-refractivity contribution in [3.63, 3.8) is 0 Å². The van der Waals surface area contributed by atoms with Crippen LogP contribution in [-0.4, -0.2) is 30.0 Å². The summed E-state index contributed by atoms with van der Waals surface area (Å²) in [5.74, 6) is 0.329. The van der Waals surface area contributed by atoms with E-state index in [1.807, 2.05) is 26.2 Å². The summed E-state index contributed by atoms with van der Waals surface area (Å²) in [6.45, 7) is 2.16. The van der Waals surface area contributed by atoms with Gasteiger partial charge in [0.15, 0.2) is 0 Å². The number of nitrogens with zero attached hydrogens (tertiary/aromatic N) is 3.